The number of rotatable bonds is 3. The highest BCUT2D eigenvalue weighted by molar-refractivity contribution is 5.53. The normalized spacial score (nSPS) is 14.9. The average molecular weight is 477 g/mol. The van der Waals surface area contributed by atoms with Gasteiger partial charge in [0.1, 0.15) is 0 Å². The Morgan fingerprint density at radius 1 is 0.486 bits per heavy atom. The van der Waals surface area contributed by atoms with E-state index < -0.39 is 0 Å². The molecule has 0 heterocycles. The topological polar surface area (TPSA) is 0 Å². The van der Waals surface area contributed by atoms with Crippen molar-refractivity contribution in [2.24, 2.45) is 0 Å². The molecule has 0 aliphatic carbocycles. The Hall–Kier alpha value is -1.56. The van der Waals surface area contributed by atoms with E-state index in [1.54, 1.807) is 16.7 Å². The molecule has 35 heavy (non-hydrogen) atoms. The van der Waals surface area contributed by atoms with Crippen LogP contribution in [-0.4, -0.2) is 0 Å². The highest BCUT2D eigenvalue weighted by Crippen LogP contribution is 2.45. The zero-order valence-electron chi connectivity index (χ0n) is 26.2. The molecule has 1 unspecified atom stereocenters. The Bertz CT molecular complexity index is 996. The summed E-state index contributed by atoms with van der Waals surface area (Å²) in [6, 6.07) is 11.9. The van der Waals surface area contributed by atoms with Gasteiger partial charge in [0.25, 0.3) is 0 Å². The third kappa shape index (κ3) is 6.61. The van der Waals surface area contributed by atoms with Gasteiger partial charge in [0, 0.05) is 0 Å². The second kappa shape index (κ2) is 9.39. The van der Waals surface area contributed by atoms with Crippen molar-refractivity contribution in [2.75, 3.05) is 0 Å². The average Bonchev–Trinajstić information content (AvgIpc) is 2.63. The molecule has 0 fully saturated rings. The van der Waals surface area contributed by atoms with Crippen LogP contribution in [0.25, 0.3) is 0 Å². The standard InChI is InChI=1S/C35H56/c1-23(22-24-25(31(2,3)4)18-17-19-26(24)32(5,6)7)29-27(33(8,9)10)20-21-28(34(11,12)13)30(29)35(14,15)16/h17-21,23H,22H2,1-16H3. The van der Waals surface area contributed by atoms with Crippen molar-refractivity contribution >= 4 is 0 Å². The van der Waals surface area contributed by atoms with Gasteiger partial charge in [-0.2, -0.15) is 0 Å². The molecule has 2 aromatic carbocycles. The fourth-order valence-corrected chi connectivity index (χ4v) is 5.84. The van der Waals surface area contributed by atoms with Crippen LogP contribution in [0.4, 0.5) is 0 Å². The molecule has 0 heteroatoms. The van der Waals surface area contributed by atoms with Gasteiger partial charge in [-0.15, -0.1) is 0 Å². The van der Waals surface area contributed by atoms with Gasteiger partial charge < -0.3 is 0 Å². The lowest BCUT2D eigenvalue weighted by Gasteiger charge is -2.39. The third-order valence-electron chi connectivity index (χ3n) is 7.41. The first kappa shape index (κ1) is 29.7. The molecule has 0 nitrogen and oxygen atoms in total. The molecule has 0 aromatic heterocycles. The Balaban J connectivity index is 2.94. The van der Waals surface area contributed by atoms with Gasteiger partial charge in [-0.1, -0.05) is 141 Å². The van der Waals surface area contributed by atoms with Crippen molar-refractivity contribution in [3.05, 3.63) is 69.3 Å². The van der Waals surface area contributed by atoms with E-state index in [0.29, 0.717) is 5.92 Å². The molecule has 0 saturated heterocycles. The van der Waals surface area contributed by atoms with Crippen molar-refractivity contribution in [2.45, 2.75) is 150 Å². The van der Waals surface area contributed by atoms with Crippen LogP contribution in [-0.2, 0) is 33.5 Å². The van der Waals surface area contributed by atoms with Gasteiger partial charge in [-0.25, -0.2) is 0 Å². The molecule has 0 saturated carbocycles. The molecule has 0 radical (unpaired) electrons. The number of benzene rings is 2. The first-order chi connectivity index (χ1) is 15.5. The van der Waals surface area contributed by atoms with Crippen LogP contribution in [0.3, 0.4) is 0 Å². The Kier molecular flexibility index (Phi) is 7.96. The summed E-state index contributed by atoms with van der Waals surface area (Å²) in [6.07, 6.45) is 1.07. The van der Waals surface area contributed by atoms with E-state index in [1.165, 1.54) is 22.3 Å². The van der Waals surface area contributed by atoms with E-state index in [1.807, 2.05) is 0 Å². The maximum atomic E-state index is 2.48. The quantitative estimate of drug-likeness (QED) is 0.413. The molecule has 0 aliphatic rings. The second-order valence-electron chi connectivity index (χ2n) is 16.1. The molecule has 2 aromatic rings. The van der Waals surface area contributed by atoms with Crippen LogP contribution in [0, 0.1) is 0 Å². The summed E-state index contributed by atoms with van der Waals surface area (Å²) in [5.74, 6) is 0.422. The highest BCUT2D eigenvalue weighted by atomic mass is 14.4. The van der Waals surface area contributed by atoms with E-state index in [-0.39, 0.29) is 27.1 Å². The monoisotopic (exact) mass is 476 g/mol. The molecule has 0 bridgehead atoms. The minimum Gasteiger partial charge on any atom is -0.0617 e. The van der Waals surface area contributed by atoms with Gasteiger partial charge in [0.05, 0.1) is 0 Å². The van der Waals surface area contributed by atoms with E-state index in [0.717, 1.165) is 6.42 Å². The summed E-state index contributed by atoms with van der Waals surface area (Å²) in [7, 11) is 0. The van der Waals surface area contributed by atoms with Gasteiger partial charge >= 0.3 is 0 Å². The summed E-state index contributed by atoms with van der Waals surface area (Å²) < 4.78 is 0. The minimum atomic E-state index is 0.0733. The minimum absolute atomic E-state index is 0.0733. The van der Waals surface area contributed by atoms with Gasteiger partial charge in [0.2, 0.25) is 0 Å². The maximum absolute atomic E-state index is 2.48. The summed E-state index contributed by atoms with van der Waals surface area (Å²) >= 11 is 0. The summed E-state index contributed by atoms with van der Waals surface area (Å²) in [4.78, 5) is 0. The molecular weight excluding hydrogens is 420 g/mol. The van der Waals surface area contributed by atoms with Gasteiger partial charge in [-0.3, -0.25) is 0 Å². The lowest BCUT2D eigenvalue weighted by Crippen LogP contribution is -2.29. The fraction of sp³-hybridized carbons (Fsp3) is 0.657. The predicted octanol–water partition coefficient (Wildman–Crippen LogP) is 10.5. The second-order valence-corrected chi connectivity index (χ2v) is 16.1. The molecule has 0 aliphatic heterocycles. The summed E-state index contributed by atoms with van der Waals surface area (Å²) in [5.41, 5.74) is 11.2. The number of hydrogen-bond acceptors (Lipinski definition) is 0. The number of hydrogen-bond donors (Lipinski definition) is 0. The van der Waals surface area contributed by atoms with Crippen LogP contribution < -0.4 is 0 Å². The Labute approximate surface area is 219 Å². The van der Waals surface area contributed by atoms with Crippen LogP contribution in [0.2, 0.25) is 0 Å². The Morgan fingerprint density at radius 3 is 1.20 bits per heavy atom. The summed E-state index contributed by atoms with van der Waals surface area (Å²) in [6.45, 7) is 38.1. The smallest absolute Gasteiger partial charge is 0.0126 e. The van der Waals surface area contributed by atoms with Crippen molar-refractivity contribution in [1.29, 1.82) is 0 Å². The first-order valence-corrected chi connectivity index (χ1v) is 13.8. The van der Waals surface area contributed by atoms with E-state index in [9.17, 15) is 0 Å². The van der Waals surface area contributed by atoms with Crippen molar-refractivity contribution in [3.63, 3.8) is 0 Å². The Morgan fingerprint density at radius 2 is 0.857 bits per heavy atom. The highest BCUT2D eigenvalue weighted by Gasteiger charge is 2.34. The van der Waals surface area contributed by atoms with Crippen LogP contribution >= 0.6 is 0 Å². The van der Waals surface area contributed by atoms with Crippen LogP contribution in [0.15, 0.2) is 30.3 Å². The molecule has 1 atom stereocenters. The SMILES string of the molecule is CC(Cc1c(C(C)(C)C)cccc1C(C)(C)C)c1c(C(C)(C)C)ccc(C(C)(C)C)c1C(C)(C)C. The third-order valence-corrected chi connectivity index (χ3v) is 7.41. The molecule has 0 amide bonds. The summed E-state index contributed by atoms with van der Waals surface area (Å²) in [5, 5.41) is 0. The van der Waals surface area contributed by atoms with E-state index in [2.05, 4.69) is 141 Å². The zero-order chi connectivity index (χ0) is 27.4. The van der Waals surface area contributed by atoms with E-state index >= 15 is 0 Å². The predicted molar refractivity (Wildman–Crippen MR) is 159 cm³/mol. The lowest BCUT2D eigenvalue weighted by atomic mass is 9.66. The molecule has 2 rings (SSSR count). The van der Waals surface area contributed by atoms with Crippen molar-refractivity contribution < 1.29 is 0 Å². The van der Waals surface area contributed by atoms with Crippen LogP contribution in [0.1, 0.15) is 156 Å². The molecule has 0 spiro atoms. The van der Waals surface area contributed by atoms with Crippen LogP contribution in [0.5, 0.6) is 0 Å². The fourth-order valence-electron chi connectivity index (χ4n) is 5.84. The maximum Gasteiger partial charge on any atom is -0.0126 e. The van der Waals surface area contributed by atoms with Crippen molar-refractivity contribution in [3.8, 4) is 0 Å². The van der Waals surface area contributed by atoms with E-state index in [4.69, 9.17) is 0 Å². The largest absolute Gasteiger partial charge is 0.0617 e. The first-order valence-electron chi connectivity index (χ1n) is 13.8. The molecule has 196 valence electrons. The van der Waals surface area contributed by atoms with Gasteiger partial charge in [-0.05, 0) is 78.4 Å². The zero-order valence-corrected chi connectivity index (χ0v) is 26.2. The molecular formula is C35H56. The lowest BCUT2D eigenvalue weighted by molar-refractivity contribution is 0.502. The van der Waals surface area contributed by atoms with Crippen molar-refractivity contribution in [1.82, 2.24) is 0 Å². The molecule has 0 N–H and O–H groups in total. The van der Waals surface area contributed by atoms with Gasteiger partial charge in [0.15, 0.2) is 0 Å².